The molecular weight excluding hydrogens is 688 g/mol. The van der Waals surface area contributed by atoms with Crippen molar-refractivity contribution in [2.75, 3.05) is 0 Å². The number of ether oxygens (including phenoxy) is 2. The van der Waals surface area contributed by atoms with Crippen LogP contribution < -0.4 is 21.3 Å². The maximum Gasteiger partial charge on any atom is 0.408 e. The van der Waals surface area contributed by atoms with Crippen LogP contribution in [0.15, 0.2) is 110 Å². The molecule has 4 aromatic rings. The number of rotatable bonds is 18. The third-order valence-corrected chi connectivity index (χ3v) is 8.71. The molecule has 1 unspecified atom stereocenters. The number of benzene rings is 2. The average molecular weight is 739 g/mol. The first-order chi connectivity index (χ1) is 26.0. The fraction of sp³-hybridized carbons (Fsp3) is 0.366. The Kier molecular flexibility index (Phi) is 15.9. The zero-order valence-electron chi connectivity index (χ0n) is 31.1. The van der Waals surface area contributed by atoms with Crippen LogP contribution in [-0.4, -0.2) is 69.3 Å². The molecular formula is C41H50N6O7. The van der Waals surface area contributed by atoms with E-state index < -0.39 is 54.3 Å². The molecule has 0 saturated heterocycles. The number of amides is 4. The molecule has 0 aliphatic rings. The summed E-state index contributed by atoms with van der Waals surface area (Å²) in [6, 6.07) is 21.8. The number of hydrogen-bond donors (Lipinski definition) is 5. The average Bonchev–Trinajstić information content (AvgIpc) is 3.17. The van der Waals surface area contributed by atoms with Crippen LogP contribution in [0.25, 0.3) is 0 Å². The number of carbonyl (C=O) groups excluding carboxylic acids is 4. The topological polar surface area (TPSA) is 181 Å². The quantitative estimate of drug-likeness (QED) is 0.0983. The van der Waals surface area contributed by atoms with Crippen molar-refractivity contribution in [3.05, 3.63) is 132 Å². The van der Waals surface area contributed by atoms with Gasteiger partial charge in [-0.25, -0.2) is 9.59 Å². The Balaban J connectivity index is 1.54. The minimum absolute atomic E-state index is 0.0310. The van der Waals surface area contributed by atoms with E-state index in [1.807, 2.05) is 60.7 Å². The van der Waals surface area contributed by atoms with E-state index in [0.717, 1.165) is 11.1 Å². The lowest BCUT2D eigenvalue weighted by Gasteiger charge is -2.34. The smallest absolute Gasteiger partial charge is 0.408 e. The number of hydrogen-bond acceptors (Lipinski definition) is 9. The number of nitrogens with one attached hydrogen (secondary N) is 4. The Morgan fingerprint density at radius 2 is 0.926 bits per heavy atom. The number of nitrogens with zero attached hydrogens (tertiary/aromatic N) is 2. The van der Waals surface area contributed by atoms with Gasteiger partial charge in [0.15, 0.2) is 0 Å². The summed E-state index contributed by atoms with van der Waals surface area (Å²) >= 11 is 0. The normalized spacial score (nSPS) is 13.8. The van der Waals surface area contributed by atoms with Gasteiger partial charge >= 0.3 is 12.2 Å². The third-order valence-electron chi connectivity index (χ3n) is 8.71. The molecule has 4 amide bonds. The van der Waals surface area contributed by atoms with Gasteiger partial charge in [-0.2, -0.15) is 0 Å². The van der Waals surface area contributed by atoms with Gasteiger partial charge in [0.25, 0.3) is 0 Å². The molecule has 4 rings (SSSR count). The summed E-state index contributed by atoms with van der Waals surface area (Å²) in [6.07, 6.45) is 3.90. The lowest BCUT2D eigenvalue weighted by Crippen LogP contribution is -2.61. The van der Waals surface area contributed by atoms with E-state index in [9.17, 15) is 24.3 Å². The summed E-state index contributed by atoms with van der Waals surface area (Å²) in [5.74, 6) is -1.76. The molecule has 0 radical (unpaired) electrons. The first kappa shape index (κ1) is 40.9. The highest BCUT2D eigenvalue weighted by molar-refractivity contribution is 5.87. The summed E-state index contributed by atoms with van der Waals surface area (Å²) < 4.78 is 10.7. The first-order valence-corrected chi connectivity index (χ1v) is 18.0. The Hall–Kier alpha value is -5.82. The molecule has 0 aliphatic carbocycles. The van der Waals surface area contributed by atoms with Gasteiger partial charge in [-0.1, -0.05) is 100 Å². The second-order valence-electron chi connectivity index (χ2n) is 13.7. The van der Waals surface area contributed by atoms with Crippen molar-refractivity contribution in [1.82, 2.24) is 31.2 Å². The number of alkyl carbamates (subject to hydrolysis) is 2. The van der Waals surface area contributed by atoms with Crippen molar-refractivity contribution in [3.63, 3.8) is 0 Å². The maximum absolute atomic E-state index is 13.9. The number of aromatic nitrogens is 2. The Bertz CT molecular complexity index is 1620. The molecule has 0 saturated carbocycles. The number of carbonyl (C=O) groups is 4. The standard InChI is InChI=1S/C41H50N6O7/c1-27(2)35(46-40(51)53-25-31-17-11-19-42-23-31)38(49)44-33(21-29-13-7-5-8-14-29)37(48)34(22-30-15-9-6-10-16-30)45-39(50)36(28(3)4)47-41(52)54-26-32-18-12-20-43-24-32/h5-20,23-24,27-28,33-37,48H,21-22,25-26H2,1-4H3,(H,44,49)(H,45,50)(H,46,51)(H,47,52)/t33-,34-,35-,36+,37?/m0/s1. The molecule has 5 N–H and O–H groups in total. The predicted molar refractivity (Wildman–Crippen MR) is 203 cm³/mol. The second kappa shape index (κ2) is 21.0. The van der Waals surface area contributed by atoms with Crippen LogP contribution in [0.3, 0.4) is 0 Å². The third kappa shape index (κ3) is 13.3. The van der Waals surface area contributed by atoms with Crippen LogP contribution >= 0.6 is 0 Å². The van der Waals surface area contributed by atoms with E-state index in [1.54, 1.807) is 76.7 Å². The van der Waals surface area contributed by atoms with Crippen molar-refractivity contribution in [1.29, 1.82) is 0 Å². The summed E-state index contributed by atoms with van der Waals surface area (Å²) in [6.45, 7) is 7.08. The zero-order valence-corrected chi connectivity index (χ0v) is 31.1. The molecule has 54 heavy (non-hydrogen) atoms. The first-order valence-electron chi connectivity index (χ1n) is 18.0. The predicted octanol–water partition coefficient (Wildman–Crippen LogP) is 4.49. The van der Waals surface area contributed by atoms with Crippen LogP contribution in [-0.2, 0) is 45.1 Å². The summed E-state index contributed by atoms with van der Waals surface area (Å²) in [4.78, 5) is 61.5. The maximum atomic E-state index is 13.9. The van der Waals surface area contributed by atoms with Crippen molar-refractivity contribution >= 4 is 24.0 Å². The Morgan fingerprint density at radius 3 is 1.26 bits per heavy atom. The number of aliphatic hydroxyl groups excluding tert-OH is 1. The van der Waals surface area contributed by atoms with Crippen LogP contribution in [0.1, 0.15) is 49.9 Å². The van der Waals surface area contributed by atoms with Crippen LogP contribution in [0.2, 0.25) is 0 Å². The highest BCUT2D eigenvalue weighted by atomic mass is 16.6. The summed E-state index contributed by atoms with van der Waals surface area (Å²) in [5, 5.41) is 23.4. The fourth-order valence-corrected chi connectivity index (χ4v) is 5.75. The van der Waals surface area contributed by atoms with Gasteiger partial charge in [0.2, 0.25) is 11.8 Å². The number of pyridine rings is 2. The SMILES string of the molecule is CC(C)[C@H](NC(=O)OCc1cccnc1)C(=O)N[C@@H](Cc1ccccc1)C(O)[C@H](Cc1ccccc1)NC(=O)[C@H](NC(=O)OCc1cccnc1)C(C)C. The van der Waals surface area contributed by atoms with Crippen molar-refractivity contribution in [3.8, 4) is 0 Å². The molecule has 0 spiro atoms. The molecule has 13 nitrogen and oxygen atoms in total. The van der Waals surface area contributed by atoms with Gasteiger partial charge < -0.3 is 35.8 Å². The molecule has 286 valence electrons. The molecule has 0 bridgehead atoms. The largest absolute Gasteiger partial charge is 0.445 e. The van der Waals surface area contributed by atoms with Crippen molar-refractivity contribution in [2.45, 2.75) is 84.0 Å². The van der Waals surface area contributed by atoms with Crippen LogP contribution in [0.4, 0.5) is 9.59 Å². The highest BCUT2D eigenvalue weighted by Crippen LogP contribution is 2.16. The van der Waals surface area contributed by atoms with Gasteiger partial charge in [-0.3, -0.25) is 19.6 Å². The van der Waals surface area contributed by atoms with Crippen LogP contribution in [0, 0.1) is 11.8 Å². The van der Waals surface area contributed by atoms with E-state index in [2.05, 4.69) is 31.2 Å². The lowest BCUT2D eigenvalue weighted by molar-refractivity contribution is -0.126. The van der Waals surface area contributed by atoms with Crippen molar-refractivity contribution in [2.24, 2.45) is 11.8 Å². The Morgan fingerprint density at radius 1 is 0.556 bits per heavy atom. The second-order valence-corrected chi connectivity index (χ2v) is 13.7. The lowest BCUT2D eigenvalue weighted by atomic mass is 9.91. The van der Waals surface area contributed by atoms with Gasteiger partial charge in [0.1, 0.15) is 25.3 Å². The van der Waals surface area contributed by atoms with E-state index in [1.165, 1.54) is 0 Å². The molecule has 2 heterocycles. The van der Waals surface area contributed by atoms with E-state index >= 15 is 0 Å². The molecule has 2 aromatic heterocycles. The minimum Gasteiger partial charge on any atom is -0.445 e. The molecule has 2 aromatic carbocycles. The van der Waals surface area contributed by atoms with E-state index in [4.69, 9.17) is 9.47 Å². The molecule has 0 aliphatic heterocycles. The Labute approximate surface area is 316 Å². The molecule has 13 heteroatoms. The van der Waals surface area contributed by atoms with Gasteiger partial charge in [0.05, 0.1) is 18.2 Å². The monoisotopic (exact) mass is 738 g/mol. The van der Waals surface area contributed by atoms with E-state index in [0.29, 0.717) is 11.1 Å². The van der Waals surface area contributed by atoms with Gasteiger partial charge in [-0.05, 0) is 47.9 Å². The molecule has 0 fully saturated rings. The summed E-state index contributed by atoms with van der Waals surface area (Å²) in [5.41, 5.74) is 3.03. The minimum atomic E-state index is -1.32. The van der Waals surface area contributed by atoms with Crippen LogP contribution in [0.5, 0.6) is 0 Å². The number of aliphatic hydroxyl groups is 1. The van der Waals surface area contributed by atoms with Gasteiger partial charge in [0, 0.05) is 35.9 Å². The zero-order chi connectivity index (χ0) is 38.9. The van der Waals surface area contributed by atoms with Gasteiger partial charge in [-0.15, -0.1) is 0 Å². The summed E-state index contributed by atoms with van der Waals surface area (Å²) in [7, 11) is 0. The van der Waals surface area contributed by atoms with Crippen molar-refractivity contribution < 1.29 is 33.8 Å². The highest BCUT2D eigenvalue weighted by Gasteiger charge is 2.35. The van der Waals surface area contributed by atoms with E-state index in [-0.39, 0.29) is 37.9 Å². The fourth-order valence-electron chi connectivity index (χ4n) is 5.75. The molecule has 5 atom stereocenters.